The van der Waals surface area contributed by atoms with Crippen LogP contribution in [-0.4, -0.2) is 36.5 Å². The van der Waals surface area contributed by atoms with Crippen LogP contribution in [0.5, 0.6) is 0 Å². The highest BCUT2D eigenvalue weighted by atomic mass is 16.2. The normalized spacial score (nSPS) is 27.3. The maximum Gasteiger partial charge on any atom is 0.254 e. The predicted molar refractivity (Wildman–Crippen MR) is 84.8 cm³/mol. The van der Waals surface area contributed by atoms with Gasteiger partial charge < -0.3 is 15.5 Å². The zero-order valence-corrected chi connectivity index (χ0v) is 12.4. The zero-order chi connectivity index (χ0) is 14.2. The fraction of sp³-hybridized carbons (Fsp3) is 0.588. The molecular weight excluding hydrogens is 262 g/mol. The molecule has 21 heavy (non-hydrogen) atoms. The minimum Gasteiger partial charge on any atom is -0.382 e. The van der Waals surface area contributed by atoms with Crippen LogP contribution in [0.25, 0.3) is 0 Å². The number of nitrogens with zero attached hydrogens (tertiary/aromatic N) is 1. The summed E-state index contributed by atoms with van der Waals surface area (Å²) in [6, 6.07) is 6.51. The third kappa shape index (κ3) is 2.27. The molecular formula is C17H23N3O. The molecule has 1 saturated heterocycles. The van der Waals surface area contributed by atoms with Crippen LogP contribution >= 0.6 is 0 Å². The third-order valence-corrected chi connectivity index (χ3v) is 5.29. The Balaban J connectivity index is 1.57. The lowest BCUT2D eigenvalue weighted by atomic mass is 9.85. The zero-order valence-electron chi connectivity index (χ0n) is 12.4. The number of fused-ring (bicyclic) bond motifs is 2. The van der Waals surface area contributed by atoms with Gasteiger partial charge in [0.2, 0.25) is 0 Å². The molecule has 2 heterocycles. The Labute approximate surface area is 125 Å². The number of carbonyl (C=O) groups excluding carboxylic acids is 1. The standard InChI is InChI=1S/C17H23N3O/c21-17(20-10-7-12-3-1-2-4-16(12)20)13-5-6-14-15(11-13)19-9-8-18-14/h5-6,11-12,16,18-19H,1-4,7-10H2. The van der Waals surface area contributed by atoms with Crippen LogP contribution in [0.2, 0.25) is 0 Å². The molecule has 1 aromatic carbocycles. The van der Waals surface area contributed by atoms with E-state index in [4.69, 9.17) is 0 Å². The Morgan fingerprint density at radius 1 is 1.05 bits per heavy atom. The highest BCUT2D eigenvalue weighted by Gasteiger charge is 2.38. The molecule has 2 fully saturated rings. The maximum absolute atomic E-state index is 12.9. The first-order chi connectivity index (χ1) is 10.3. The second-order valence-corrected chi connectivity index (χ2v) is 6.51. The third-order valence-electron chi connectivity index (χ3n) is 5.29. The van der Waals surface area contributed by atoms with Gasteiger partial charge in [0.25, 0.3) is 5.91 Å². The average molecular weight is 285 g/mol. The van der Waals surface area contributed by atoms with Gasteiger partial charge in [-0.2, -0.15) is 0 Å². The van der Waals surface area contributed by atoms with Gasteiger partial charge in [-0.25, -0.2) is 0 Å². The highest BCUT2D eigenvalue weighted by Crippen LogP contribution is 2.37. The second-order valence-electron chi connectivity index (χ2n) is 6.51. The molecule has 0 bridgehead atoms. The second kappa shape index (κ2) is 5.24. The van der Waals surface area contributed by atoms with Crippen LogP contribution in [0.15, 0.2) is 18.2 Å². The van der Waals surface area contributed by atoms with Gasteiger partial charge in [-0.3, -0.25) is 4.79 Å². The molecule has 2 aliphatic heterocycles. The molecule has 4 heteroatoms. The van der Waals surface area contributed by atoms with E-state index in [2.05, 4.69) is 15.5 Å². The number of hydrogen-bond donors (Lipinski definition) is 2. The summed E-state index contributed by atoms with van der Waals surface area (Å²) in [5, 5.41) is 6.73. The van der Waals surface area contributed by atoms with Crippen molar-refractivity contribution in [3.8, 4) is 0 Å². The first-order valence-electron chi connectivity index (χ1n) is 8.26. The topological polar surface area (TPSA) is 44.4 Å². The van der Waals surface area contributed by atoms with E-state index < -0.39 is 0 Å². The molecule has 3 aliphatic rings. The Kier molecular flexibility index (Phi) is 3.24. The van der Waals surface area contributed by atoms with E-state index in [-0.39, 0.29) is 5.91 Å². The largest absolute Gasteiger partial charge is 0.382 e. The molecule has 112 valence electrons. The number of rotatable bonds is 1. The van der Waals surface area contributed by atoms with Gasteiger partial charge in [-0.1, -0.05) is 12.8 Å². The van der Waals surface area contributed by atoms with Crippen molar-refractivity contribution in [2.45, 2.75) is 38.1 Å². The highest BCUT2D eigenvalue weighted by molar-refractivity contribution is 5.97. The first-order valence-corrected chi connectivity index (χ1v) is 8.26. The van der Waals surface area contributed by atoms with E-state index in [0.29, 0.717) is 6.04 Å². The summed E-state index contributed by atoms with van der Waals surface area (Å²) in [5.41, 5.74) is 3.00. The van der Waals surface area contributed by atoms with Crippen molar-refractivity contribution in [2.24, 2.45) is 5.92 Å². The van der Waals surface area contributed by atoms with Gasteiger partial charge >= 0.3 is 0 Å². The van der Waals surface area contributed by atoms with Gasteiger partial charge in [0.05, 0.1) is 11.4 Å². The van der Waals surface area contributed by atoms with Crippen molar-refractivity contribution in [3.63, 3.8) is 0 Å². The lowest BCUT2D eigenvalue weighted by Gasteiger charge is -2.32. The SMILES string of the molecule is O=C(c1ccc2c(c1)NCCN2)N1CCC2CCCCC21. The number of hydrogen-bond acceptors (Lipinski definition) is 3. The maximum atomic E-state index is 12.9. The summed E-state index contributed by atoms with van der Waals surface area (Å²) >= 11 is 0. The molecule has 1 aliphatic carbocycles. The van der Waals surface area contributed by atoms with Crippen molar-refractivity contribution in [1.82, 2.24) is 4.90 Å². The van der Waals surface area contributed by atoms with Gasteiger partial charge in [0, 0.05) is 31.2 Å². The monoisotopic (exact) mass is 285 g/mol. The van der Waals surface area contributed by atoms with Crippen LogP contribution in [0, 0.1) is 5.92 Å². The molecule has 4 nitrogen and oxygen atoms in total. The van der Waals surface area contributed by atoms with Gasteiger partial charge in [0.1, 0.15) is 0 Å². The van der Waals surface area contributed by atoms with Gasteiger partial charge in [0.15, 0.2) is 0 Å². The number of amides is 1. The fourth-order valence-electron chi connectivity index (χ4n) is 4.20. The van der Waals surface area contributed by atoms with Crippen molar-refractivity contribution >= 4 is 17.3 Å². The van der Waals surface area contributed by atoms with E-state index in [9.17, 15) is 4.79 Å². The molecule has 2 N–H and O–H groups in total. The molecule has 2 unspecified atom stereocenters. The fourth-order valence-corrected chi connectivity index (χ4v) is 4.20. The summed E-state index contributed by atoms with van der Waals surface area (Å²) in [7, 11) is 0. The van der Waals surface area contributed by atoms with Crippen molar-refractivity contribution < 1.29 is 4.79 Å². The van der Waals surface area contributed by atoms with Crippen LogP contribution in [0.4, 0.5) is 11.4 Å². The number of nitrogens with one attached hydrogen (secondary N) is 2. The summed E-state index contributed by atoms with van der Waals surface area (Å²) in [6.07, 6.45) is 6.32. The minimum absolute atomic E-state index is 0.222. The summed E-state index contributed by atoms with van der Waals surface area (Å²) in [6.45, 7) is 2.80. The molecule has 2 atom stereocenters. The first kappa shape index (κ1) is 13.0. The van der Waals surface area contributed by atoms with E-state index in [1.807, 2.05) is 18.2 Å². The Bertz CT molecular complexity index is 557. The number of anilines is 2. The molecule has 1 aromatic rings. The van der Waals surface area contributed by atoms with E-state index in [1.165, 1.54) is 32.1 Å². The van der Waals surface area contributed by atoms with Crippen molar-refractivity contribution in [3.05, 3.63) is 23.8 Å². The van der Waals surface area contributed by atoms with E-state index in [1.54, 1.807) is 0 Å². The van der Waals surface area contributed by atoms with Crippen molar-refractivity contribution in [1.29, 1.82) is 0 Å². The molecule has 4 rings (SSSR count). The lowest BCUT2D eigenvalue weighted by Crippen LogP contribution is -2.39. The molecule has 1 amide bonds. The number of likely N-dealkylation sites (tertiary alicyclic amines) is 1. The molecule has 0 aromatic heterocycles. The van der Waals surface area contributed by atoms with Gasteiger partial charge in [-0.15, -0.1) is 0 Å². The van der Waals surface area contributed by atoms with Gasteiger partial charge in [-0.05, 0) is 43.4 Å². The quantitative estimate of drug-likeness (QED) is 0.834. The average Bonchev–Trinajstić information content (AvgIpc) is 2.98. The number of carbonyl (C=O) groups is 1. The van der Waals surface area contributed by atoms with Crippen molar-refractivity contribution in [2.75, 3.05) is 30.3 Å². The lowest BCUT2D eigenvalue weighted by molar-refractivity contribution is 0.0690. The smallest absolute Gasteiger partial charge is 0.254 e. The van der Waals surface area contributed by atoms with Crippen LogP contribution in [0.3, 0.4) is 0 Å². The van der Waals surface area contributed by atoms with E-state index in [0.717, 1.165) is 42.5 Å². The van der Waals surface area contributed by atoms with E-state index >= 15 is 0 Å². The molecule has 0 radical (unpaired) electrons. The summed E-state index contributed by atoms with van der Waals surface area (Å²) in [5.74, 6) is 0.972. The van der Waals surface area contributed by atoms with Crippen LogP contribution in [-0.2, 0) is 0 Å². The Hall–Kier alpha value is -1.71. The molecule has 0 spiro atoms. The summed E-state index contributed by atoms with van der Waals surface area (Å²) < 4.78 is 0. The molecule has 1 saturated carbocycles. The predicted octanol–water partition coefficient (Wildman–Crippen LogP) is 2.93. The minimum atomic E-state index is 0.222. The van der Waals surface area contributed by atoms with Crippen LogP contribution < -0.4 is 10.6 Å². The number of benzene rings is 1. The summed E-state index contributed by atoms with van der Waals surface area (Å²) in [4.78, 5) is 15.0. The van der Waals surface area contributed by atoms with Crippen LogP contribution in [0.1, 0.15) is 42.5 Å². The Morgan fingerprint density at radius 2 is 1.86 bits per heavy atom. The Morgan fingerprint density at radius 3 is 2.76 bits per heavy atom.